The van der Waals surface area contributed by atoms with Gasteiger partial charge in [0.1, 0.15) is 5.75 Å². The molecule has 0 aromatic heterocycles. The van der Waals surface area contributed by atoms with E-state index in [-0.39, 0.29) is 16.8 Å². The number of sulfonamides is 1. The molecule has 1 fully saturated rings. The fourth-order valence-corrected chi connectivity index (χ4v) is 5.37. The predicted molar refractivity (Wildman–Crippen MR) is 137 cm³/mol. The van der Waals surface area contributed by atoms with Crippen LogP contribution in [0.15, 0.2) is 77.7 Å². The fraction of sp³-hybridized carbons (Fsp3) is 0.296. The van der Waals surface area contributed by atoms with Crippen molar-refractivity contribution < 1.29 is 17.9 Å². The molecule has 35 heavy (non-hydrogen) atoms. The highest BCUT2D eigenvalue weighted by Crippen LogP contribution is 2.26. The SMILES string of the molecule is COc1ccc([C@@H](CNC(=O)c2cccc(S(=O)(=O)Nc3ccc(C)cc3)c2)N2CCCC2)cc1. The van der Waals surface area contributed by atoms with Gasteiger partial charge in [0.25, 0.3) is 15.9 Å². The Bertz CT molecular complexity index is 1250. The molecule has 3 aromatic rings. The Hall–Kier alpha value is -3.36. The summed E-state index contributed by atoms with van der Waals surface area (Å²) in [7, 11) is -2.19. The molecule has 1 atom stereocenters. The van der Waals surface area contributed by atoms with Gasteiger partial charge in [-0.05, 0) is 80.9 Å². The number of ether oxygens (including phenoxy) is 1. The van der Waals surface area contributed by atoms with Crippen LogP contribution in [-0.2, 0) is 10.0 Å². The van der Waals surface area contributed by atoms with Crippen LogP contribution in [0, 0.1) is 6.92 Å². The van der Waals surface area contributed by atoms with Crippen molar-refractivity contribution in [3.63, 3.8) is 0 Å². The summed E-state index contributed by atoms with van der Waals surface area (Å²) in [6.45, 7) is 4.31. The summed E-state index contributed by atoms with van der Waals surface area (Å²) in [5.41, 5.74) is 2.91. The molecule has 0 bridgehead atoms. The van der Waals surface area contributed by atoms with Crippen LogP contribution in [0.1, 0.15) is 40.4 Å². The van der Waals surface area contributed by atoms with Crippen LogP contribution < -0.4 is 14.8 Å². The lowest BCUT2D eigenvalue weighted by Crippen LogP contribution is -2.36. The van der Waals surface area contributed by atoms with E-state index >= 15 is 0 Å². The highest BCUT2D eigenvalue weighted by Gasteiger charge is 2.24. The summed E-state index contributed by atoms with van der Waals surface area (Å²) in [4.78, 5) is 15.4. The molecule has 1 aliphatic heterocycles. The molecule has 0 unspecified atom stereocenters. The number of hydrogen-bond acceptors (Lipinski definition) is 5. The van der Waals surface area contributed by atoms with E-state index in [4.69, 9.17) is 4.74 Å². The molecule has 184 valence electrons. The predicted octanol–water partition coefficient (Wildman–Crippen LogP) is 4.37. The quantitative estimate of drug-likeness (QED) is 0.462. The lowest BCUT2D eigenvalue weighted by molar-refractivity contribution is 0.0937. The molecule has 1 aliphatic rings. The largest absolute Gasteiger partial charge is 0.497 e. The Morgan fingerprint density at radius 2 is 1.69 bits per heavy atom. The van der Waals surface area contributed by atoms with Crippen LogP contribution in [0.4, 0.5) is 5.69 Å². The summed E-state index contributed by atoms with van der Waals surface area (Å²) in [6.07, 6.45) is 2.27. The number of amides is 1. The number of methoxy groups -OCH3 is 1. The number of anilines is 1. The third-order valence-electron chi connectivity index (χ3n) is 6.25. The first kappa shape index (κ1) is 24.8. The van der Waals surface area contributed by atoms with Crippen LogP contribution in [0.2, 0.25) is 0 Å². The van der Waals surface area contributed by atoms with E-state index < -0.39 is 10.0 Å². The second-order valence-corrected chi connectivity index (χ2v) is 10.4. The molecule has 4 rings (SSSR count). The van der Waals surface area contributed by atoms with Gasteiger partial charge in [-0.25, -0.2) is 8.42 Å². The number of aryl methyl sites for hydroxylation is 1. The van der Waals surface area contributed by atoms with Gasteiger partial charge >= 0.3 is 0 Å². The van der Waals surface area contributed by atoms with Crippen molar-refractivity contribution in [1.29, 1.82) is 0 Å². The van der Waals surface area contributed by atoms with Gasteiger partial charge in [-0.3, -0.25) is 14.4 Å². The minimum Gasteiger partial charge on any atom is -0.497 e. The lowest BCUT2D eigenvalue weighted by Gasteiger charge is -2.28. The molecule has 0 aliphatic carbocycles. The van der Waals surface area contributed by atoms with Crippen LogP contribution in [0.25, 0.3) is 0 Å². The zero-order chi connectivity index (χ0) is 24.8. The first-order valence-electron chi connectivity index (χ1n) is 11.7. The van der Waals surface area contributed by atoms with Crippen molar-refractivity contribution >= 4 is 21.6 Å². The van der Waals surface area contributed by atoms with Crippen molar-refractivity contribution in [3.05, 3.63) is 89.5 Å². The van der Waals surface area contributed by atoms with Gasteiger partial charge in [-0.2, -0.15) is 0 Å². The maximum atomic E-state index is 13.0. The fourth-order valence-electron chi connectivity index (χ4n) is 4.27. The number of likely N-dealkylation sites (tertiary alicyclic amines) is 1. The second-order valence-electron chi connectivity index (χ2n) is 8.74. The molecule has 2 N–H and O–H groups in total. The molecule has 7 nitrogen and oxygen atoms in total. The van der Waals surface area contributed by atoms with Crippen molar-refractivity contribution in [2.75, 3.05) is 31.5 Å². The molecule has 1 heterocycles. The smallest absolute Gasteiger partial charge is 0.261 e. The Balaban J connectivity index is 1.47. The minimum absolute atomic E-state index is 0.0301. The summed E-state index contributed by atoms with van der Waals surface area (Å²) < 4.78 is 33.6. The highest BCUT2D eigenvalue weighted by molar-refractivity contribution is 7.92. The summed E-state index contributed by atoms with van der Waals surface area (Å²) in [5.74, 6) is 0.477. The van der Waals surface area contributed by atoms with Gasteiger partial charge in [0.2, 0.25) is 0 Å². The topological polar surface area (TPSA) is 87.7 Å². The average molecular weight is 494 g/mol. The molecule has 0 saturated carbocycles. The summed E-state index contributed by atoms with van der Waals surface area (Å²) in [6, 6.07) is 21.1. The van der Waals surface area contributed by atoms with Gasteiger partial charge in [0, 0.05) is 17.8 Å². The first-order valence-corrected chi connectivity index (χ1v) is 13.2. The Labute approximate surface area is 207 Å². The van der Waals surface area contributed by atoms with Crippen LogP contribution >= 0.6 is 0 Å². The number of carbonyl (C=O) groups is 1. The second kappa shape index (κ2) is 10.9. The van der Waals surface area contributed by atoms with Crippen LogP contribution in [0.5, 0.6) is 5.75 Å². The first-order chi connectivity index (χ1) is 16.9. The molecule has 0 spiro atoms. The van der Waals surface area contributed by atoms with E-state index in [0.717, 1.165) is 42.8 Å². The van der Waals surface area contributed by atoms with Crippen molar-refractivity contribution in [3.8, 4) is 5.75 Å². The molecule has 1 amide bonds. The van der Waals surface area contributed by atoms with Gasteiger partial charge < -0.3 is 10.1 Å². The van der Waals surface area contributed by atoms with Crippen LogP contribution in [0.3, 0.4) is 0 Å². The van der Waals surface area contributed by atoms with Crippen molar-refractivity contribution in [2.45, 2.75) is 30.7 Å². The zero-order valence-electron chi connectivity index (χ0n) is 20.0. The van der Waals surface area contributed by atoms with Crippen LogP contribution in [-0.4, -0.2) is 46.0 Å². The lowest BCUT2D eigenvalue weighted by atomic mass is 10.0. The Kier molecular flexibility index (Phi) is 7.73. The van der Waals surface area contributed by atoms with E-state index in [2.05, 4.69) is 14.9 Å². The molecule has 8 heteroatoms. The van der Waals surface area contributed by atoms with E-state index in [0.29, 0.717) is 17.8 Å². The summed E-state index contributed by atoms with van der Waals surface area (Å²) >= 11 is 0. The summed E-state index contributed by atoms with van der Waals surface area (Å²) in [5, 5.41) is 3.01. The van der Waals surface area contributed by atoms with Gasteiger partial charge in [-0.15, -0.1) is 0 Å². The van der Waals surface area contributed by atoms with E-state index in [9.17, 15) is 13.2 Å². The number of benzene rings is 3. The van der Waals surface area contributed by atoms with Gasteiger partial charge in [-0.1, -0.05) is 35.9 Å². The number of nitrogens with one attached hydrogen (secondary N) is 2. The van der Waals surface area contributed by atoms with E-state index in [1.807, 2.05) is 43.3 Å². The van der Waals surface area contributed by atoms with E-state index in [1.165, 1.54) is 12.1 Å². The van der Waals surface area contributed by atoms with Crippen molar-refractivity contribution in [1.82, 2.24) is 10.2 Å². The van der Waals surface area contributed by atoms with Gasteiger partial charge in [0.05, 0.1) is 18.0 Å². The maximum Gasteiger partial charge on any atom is 0.261 e. The average Bonchev–Trinajstić information content (AvgIpc) is 3.40. The Morgan fingerprint density at radius 3 is 2.34 bits per heavy atom. The molecule has 0 radical (unpaired) electrons. The Morgan fingerprint density at radius 1 is 1.00 bits per heavy atom. The molecular weight excluding hydrogens is 462 g/mol. The van der Waals surface area contributed by atoms with Gasteiger partial charge in [0.15, 0.2) is 0 Å². The number of nitrogens with zero attached hydrogens (tertiary/aromatic N) is 1. The van der Waals surface area contributed by atoms with Crippen molar-refractivity contribution in [2.24, 2.45) is 0 Å². The minimum atomic E-state index is -3.83. The molecular formula is C27H31N3O4S. The third-order valence-corrected chi connectivity index (χ3v) is 7.63. The zero-order valence-corrected chi connectivity index (χ0v) is 20.8. The number of carbonyl (C=O) groups excluding carboxylic acids is 1. The monoisotopic (exact) mass is 493 g/mol. The van der Waals surface area contributed by atoms with E-state index in [1.54, 1.807) is 31.4 Å². The third kappa shape index (κ3) is 6.21. The molecule has 3 aromatic carbocycles. The number of hydrogen-bond donors (Lipinski definition) is 2. The number of rotatable bonds is 9. The highest BCUT2D eigenvalue weighted by atomic mass is 32.2. The normalized spacial score (nSPS) is 14.9. The standard InChI is InChI=1S/C27H31N3O4S/c1-20-8-12-23(13-9-20)29-35(32,33)25-7-5-6-22(18-25)27(31)28-19-26(30-16-3-4-17-30)21-10-14-24(34-2)15-11-21/h5-15,18,26,29H,3-4,16-17,19H2,1-2H3,(H,28,31)/t26-/m1/s1. The molecule has 1 saturated heterocycles. The maximum absolute atomic E-state index is 13.0.